The number of phenols is 1. The van der Waals surface area contributed by atoms with Crippen LogP contribution in [-0.4, -0.2) is 19.6 Å². The first kappa shape index (κ1) is 45.1. The van der Waals surface area contributed by atoms with Crippen LogP contribution in [0, 0.1) is 61.5 Å². The average molecular weight is 1090 g/mol. The Morgan fingerprint density at radius 1 is 0.514 bits per heavy atom. The van der Waals surface area contributed by atoms with Crippen molar-refractivity contribution in [2.75, 3.05) is 0 Å². The quantitative estimate of drug-likeness (QED) is 0.169. The predicted octanol–water partition coefficient (Wildman–Crippen LogP) is 16.4. The molecule has 1 aliphatic carbocycles. The topological polar surface area (TPSA) is 64.1 Å². The Morgan fingerprint density at radius 2 is 1.13 bits per heavy atom. The van der Waals surface area contributed by atoms with Crippen LogP contribution in [0.5, 0.6) is 5.75 Å². The Balaban J connectivity index is 0.00000533. The molecule has 11 aromatic rings. The summed E-state index contributed by atoms with van der Waals surface area (Å²) in [6.45, 7) is 17.7. The number of nitrogens with zero attached hydrogens (tertiary/aromatic N) is 3. The van der Waals surface area contributed by atoms with Gasteiger partial charge in [-0.1, -0.05) is 125 Å². The van der Waals surface area contributed by atoms with Crippen LogP contribution in [0.1, 0.15) is 55.6 Å². The first-order valence-corrected chi connectivity index (χ1v) is 24.0. The molecule has 0 spiro atoms. The number of pyridine rings is 1. The Hall–Kier alpha value is -7.33. The van der Waals surface area contributed by atoms with E-state index < -0.39 is 0 Å². The Kier molecular flexibility index (Phi) is 11.1. The minimum Gasteiger partial charge on any atom is -0.507 e. The zero-order valence-corrected chi connectivity index (χ0v) is 43.0. The van der Waals surface area contributed by atoms with Gasteiger partial charge in [0.15, 0.2) is 5.82 Å². The third-order valence-electron chi connectivity index (χ3n) is 14.5. The third kappa shape index (κ3) is 7.16. The monoisotopic (exact) mass is 1090 g/mol. The number of hydrogen-bond acceptors (Lipinski definition) is 4. The molecule has 0 radical (unpaired) electrons. The summed E-state index contributed by atoms with van der Waals surface area (Å²) in [5.41, 5.74) is 27.5. The minimum atomic E-state index is 0. The Bertz CT molecular complexity index is 3820. The summed E-state index contributed by atoms with van der Waals surface area (Å²) in [5, 5.41) is 13.4. The number of aromatic nitrogens is 3. The number of para-hydroxylation sites is 2. The van der Waals surface area contributed by atoms with E-state index in [0.29, 0.717) is 0 Å². The summed E-state index contributed by atoms with van der Waals surface area (Å²) >= 11 is 0. The van der Waals surface area contributed by atoms with E-state index in [9.17, 15) is 5.11 Å². The van der Waals surface area contributed by atoms with Crippen LogP contribution in [0.3, 0.4) is 0 Å². The molecular weight excluding hydrogens is 1040 g/mol. The standard InChI is InChI=1S/C64H52N3O2.Pt/c1-35-30-39(5)56(40(6)31-35)48-18-13-19-49(57-41(7)32-36(2)33-42(57)8)60(48)50-27-29-52-62(58(50)45-24-26-47-46-17-9-10-21-54(46)69-55(47)34-45)66-64(67(52)63-37(3)14-11-15-38(63)4)51-28-25-44-23-22-43-16-12-20-53(68)59(43)61(44)65-51;/h9-21,25-34,68H,22-23H2,1-8H3;/q-1;. The van der Waals surface area contributed by atoms with Gasteiger partial charge in [-0.3, -0.25) is 4.57 Å². The van der Waals surface area contributed by atoms with Gasteiger partial charge < -0.3 is 9.52 Å². The van der Waals surface area contributed by atoms with Crippen molar-refractivity contribution >= 4 is 33.0 Å². The molecule has 3 heterocycles. The molecule has 3 aromatic heterocycles. The molecule has 12 rings (SSSR count). The fraction of sp³-hybridized carbons (Fsp3) is 0.156. The van der Waals surface area contributed by atoms with Crippen LogP contribution in [-0.2, 0) is 33.9 Å². The molecule has 0 amide bonds. The summed E-state index contributed by atoms with van der Waals surface area (Å²) in [7, 11) is 0. The van der Waals surface area contributed by atoms with Gasteiger partial charge >= 0.3 is 0 Å². The third-order valence-corrected chi connectivity index (χ3v) is 14.5. The summed E-state index contributed by atoms with van der Waals surface area (Å²) in [5.74, 6) is 0.970. The second kappa shape index (κ2) is 17.3. The maximum absolute atomic E-state index is 11.3. The predicted molar refractivity (Wildman–Crippen MR) is 285 cm³/mol. The van der Waals surface area contributed by atoms with E-state index in [1.54, 1.807) is 6.07 Å². The van der Waals surface area contributed by atoms with Crippen molar-refractivity contribution < 1.29 is 30.6 Å². The maximum Gasteiger partial charge on any atom is 0.163 e. The number of benzene rings is 8. The van der Waals surface area contributed by atoms with E-state index in [0.717, 1.165) is 130 Å². The van der Waals surface area contributed by atoms with Gasteiger partial charge in [0.1, 0.15) is 17.0 Å². The molecule has 0 unspecified atom stereocenters. The van der Waals surface area contributed by atoms with Gasteiger partial charge in [-0.15, -0.1) is 23.8 Å². The molecule has 0 bridgehead atoms. The van der Waals surface area contributed by atoms with Crippen LogP contribution in [0.15, 0.2) is 144 Å². The van der Waals surface area contributed by atoms with Gasteiger partial charge in [0.2, 0.25) is 0 Å². The number of rotatable bonds is 6. The average Bonchev–Trinajstić information content (AvgIpc) is 3.89. The van der Waals surface area contributed by atoms with Crippen molar-refractivity contribution in [2.24, 2.45) is 0 Å². The first-order chi connectivity index (χ1) is 33.4. The normalized spacial score (nSPS) is 12.1. The molecule has 0 fully saturated rings. The zero-order valence-electron chi connectivity index (χ0n) is 40.7. The van der Waals surface area contributed by atoms with Crippen molar-refractivity contribution in [3.63, 3.8) is 0 Å². The van der Waals surface area contributed by atoms with Crippen LogP contribution >= 0.6 is 0 Å². The van der Waals surface area contributed by atoms with Crippen LogP contribution in [0.4, 0.5) is 0 Å². The minimum absolute atomic E-state index is 0. The SMILES string of the molecule is Cc1cc(C)c(-c2cccc(-c3c(C)cc(C)cc3C)c2-c2ccc3c(nc(-c4ccc5c(n4)-c4c(O)cccc4CC5)n3-c3c(C)cccc3C)c2-c2[c-]cc3c(c2)oc2ccccc23)c(C)c1.[Pt]. The van der Waals surface area contributed by atoms with Crippen LogP contribution in [0.25, 0.3) is 106 Å². The zero-order chi connectivity index (χ0) is 47.4. The number of furan rings is 1. The number of aryl methyl sites for hydroxylation is 10. The molecule has 8 aromatic carbocycles. The molecule has 0 aliphatic heterocycles. The van der Waals surface area contributed by atoms with Gasteiger partial charge in [-0.05, 0) is 176 Å². The molecule has 70 heavy (non-hydrogen) atoms. The van der Waals surface area contributed by atoms with Crippen LogP contribution in [0.2, 0.25) is 0 Å². The van der Waals surface area contributed by atoms with Gasteiger partial charge in [0.05, 0.1) is 28.0 Å². The molecule has 346 valence electrons. The van der Waals surface area contributed by atoms with E-state index in [1.165, 1.54) is 44.5 Å². The Morgan fingerprint density at radius 3 is 1.81 bits per heavy atom. The van der Waals surface area contributed by atoms with E-state index >= 15 is 0 Å². The molecule has 0 atom stereocenters. The fourth-order valence-electron chi connectivity index (χ4n) is 11.8. The largest absolute Gasteiger partial charge is 0.507 e. The molecule has 0 saturated carbocycles. The van der Waals surface area contributed by atoms with Crippen LogP contribution < -0.4 is 0 Å². The smallest absolute Gasteiger partial charge is 0.163 e. The van der Waals surface area contributed by atoms with Crippen molar-refractivity contribution in [1.82, 2.24) is 14.5 Å². The maximum atomic E-state index is 11.3. The summed E-state index contributed by atoms with van der Waals surface area (Å²) in [6.07, 6.45) is 1.70. The van der Waals surface area contributed by atoms with E-state index in [-0.39, 0.29) is 26.8 Å². The van der Waals surface area contributed by atoms with Gasteiger partial charge in [-0.2, -0.15) is 0 Å². The fourth-order valence-corrected chi connectivity index (χ4v) is 11.8. The van der Waals surface area contributed by atoms with Crippen molar-refractivity contribution in [1.29, 1.82) is 0 Å². The van der Waals surface area contributed by atoms with Crippen molar-refractivity contribution in [3.8, 4) is 78.7 Å². The molecule has 1 N–H and O–H groups in total. The van der Waals surface area contributed by atoms with E-state index in [4.69, 9.17) is 14.4 Å². The second-order valence-corrected chi connectivity index (χ2v) is 19.4. The second-order valence-electron chi connectivity index (χ2n) is 19.4. The summed E-state index contributed by atoms with van der Waals surface area (Å²) in [6, 6.07) is 53.5. The van der Waals surface area contributed by atoms with Gasteiger partial charge in [-0.25, -0.2) is 9.97 Å². The number of imidazole rings is 1. The number of aromatic hydroxyl groups is 1. The van der Waals surface area contributed by atoms with Gasteiger partial charge in [0.25, 0.3) is 0 Å². The van der Waals surface area contributed by atoms with E-state index in [1.807, 2.05) is 18.2 Å². The molecular formula is C64H52N3O2Pt-. The molecule has 6 heteroatoms. The first-order valence-electron chi connectivity index (χ1n) is 24.0. The number of fused-ring (bicyclic) bond motifs is 7. The Labute approximate surface area is 423 Å². The van der Waals surface area contributed by atoms with E-state index in [2.05, 4.69) is 181 Å². The summed E-state index contributed by atoms with van der Waals surface area (Å²) in [4.78, 5) is 11.3. The van der Waals surface area contributed by atoms with Gasteiger partial charge in [0, 0.05) is 26.6 Å². The van der Waals surface area contributed by atoms with Crippen molar-refractivity contribution in [3.05, 3.63) is 201 Å². The van der Waals surface area contributed by atoms with Crippen molar-refractivity contribution in [2.45, 2.75) is 68.2 Å². The number of hydrogen-bond donors (Lipinski definition) is 1. The molecule has 0 saturated heterocycles. The molecule has 1 aliphatic rings. The molecule has 5 nitrogen and oxygen atoms in total. The summed E-state index contributed by atoms with van der Waals surface area (Å²) < 4.78 is 8.97. The number of phenolic OH excluding ortho intramolecular Hbond substituents is 1.